The van der Waals surface area contributed by atoms with Crippen LogP contribution in [0.3, 0.4) is 0 Å². The molecule has 0 radical (unpaired) electrons. The van der Waals surface area contributed by atoms with E-state index in [1.54, 1.807) is 0 Å². The van der Waals surface area contributed by atoms with Crippen LogP contribution in [0.1, 0.15) is 38.5 Å². The normalized spacial score (nSPS) is 21.7. The first kappa shape index (κ1) is 16.7. The topological polar surface area (TPSA) is 52.8 Å². The summed E-state index contributed by atoms with van der Waals surface area (Å²) >= 11 is 0. The van der Waals surface area contributed by atoms with E-state index in [4.69, 9.17) is 5.73 Å². The Kier molecular flexibility index (Phi) is 7.47. The lowest BCUT2D eigenvalue weighted by Crippen LogP contribution is -2.50. The third-order valence-corrected chi connectivity index (χ3v) is 4.71. The molecule has 1 amide bonds. The summed E-state index contributed by atoms with van der Waals surface area (Å²) in [5.74, 6) is 0.339. The molecule has 0 saturated carbocycles. The molecule has 0 aromatic rings. The summed E-state index contributed by atoms with van der Waals surface area (Å²) < 4.78 is 0. The summed E-state index contributed by atoms with van der Waals surface area (Å²) in [6.45, 7) is 8.86. The van der Waals surface area contributed by atoms with Crippen LogP contribution in [0, 0.1) is 0 Å². The Morgan fingerprint density at radius 2 is 1.48 bits per heavy atom. The summed E-state index contributed by atoms with van der Waals surface area (Å²) in [5.41, 5.74) is 5.52. The van der Waals surface area contributed by atoms with Crippen LogP contribution < -0.4 is 5.73 Å². The van der Waals surface area contributed by atoms with Gasteiger partial charge in [-0.25, -0.2) is 0 Å². The molecule has 21 heavy (non-hydrogen) atoms. The lowest BCUT2D eigenvalue weighted by Gasteiger charge is -2.36. The van der Waals surface area contributed by atoms with E-state index >= 15 is 0 Å². The molecule has 2 rings (SSSR count). The van der Waals surface area contributed by atoms with Crippen LogP contribution in [0.2, 0.25) is 0 Å². The molecule has 5 heteroatoms. The number of unbranched alkanes of at least 4 members (excludes halogenated alkanes) is 2. The minimum atomic E-state index is 0.339. The number of nitrogens with two attached hydrogens (primary N) is 1. The highest BCUT2D eigenvalue weighted by Gasteiger charge is 2.22. The van der Waals surface area contributed by atoms with Gasteiger partial charge in [0.05, 0.1) is 6.54 Å². The molecule has 2 heterocycles. The molecule has 5 nitrogen and oxygen atoms in total. The molecule has 0 bridgehead atoms. The van der Waals surface area contributed by atoms with Crippen molar-refractivity contribution in [2.45, 2.75) is 38.5 Å². The van der Waals surface area contributed by atoms with E-state index in [2.05, 4.69) is 14.7 Å². The minimum absolute atomic E-state index is 0.339. The van der Waals surface area contributed by atoms with Gasteiger partial charge in [0.1, 0.15) is 0 Å². The summed E-state index contributed by atoms with van der Waals surface area (Å²) in [6, 6.07) is 0. The van der Waals surface area contributed by atoms with Gasteiger partial charge in [0.15, 0.2) is 0 Å². The van der Waals surface area contributed by atoms with Crippen molar-refractivity contribution in [2.75, 3.05) is 58.9 Å². The van der Waals surface area contributed by atoms with Crippen molar-refractivity contribution in [2.24, 2.45) is 5.73 Å². The third-order valence-electron chi connectivity index (χ3n) is 4.71. The third kappa shape index (κ3) is 5.93. The molecule has 2 aliphatic heterocycles. The number of carbonyl (C=O) groups excluding carboxylic acids is 1. The first-order valence-corrected chi connectivity index (χ1v) is 8.72. The Labute approximate surface area is 129 Å². The van der Waals surface area contributed by atoms with Crippen LogP contribution in [0.5, 0.6) is 0 Å². The van der Waals surface area contributed by atoms with Crippen molar-refractivity contribution >= 4 is 5.91 Å². The number of likely N-dealkylation sites (tertiary alicyclic amines) is 1. The number of piperidine rings is 1. The van der Waals surface area contributed by atoms with E-state index < -0.39 is 0 Å². The van der Waals surface area contributed by atoms with Gasteiger partial charge in [0.2, 0.25) is 5.91 Å². The Hall–Kier alpha value is -0.650. The average molecular weight is 296 g/mol. The molecule has 0 aromatic heterocycles. The maximum Gasteiger partial charge on any atom is 0.236 e. The van der Waals surface area contributed by atoms with Crippen molar-refractivity contribution in [1.82, 2.24) is 14.7 Å². The molecule has 0 atom stereocenters. The molecule has 2 aliphatic rings. The van der Waals surface area contributed by atoms with Crippen molar-refractivity contribution in [3.05, 3.63) is 0 Å². The zero-order valence-corrected chi connectivity index (χ0v) is 13.4. The van der Waals surface area contributed by atoms with Crippen LogP contribution in [-0.2, 0) is 4.79 Å². The molecule has 2 fully saturated rings. The van der Waals surface area contributed by atoms with Crippen LogP contribution in [0.4, 0.5) is 0 Å². The molecule has 0 spiro atoms. The van der Waals surface area contributed by atoms with Gasteiger partial charge in [-0.2, -0.15) is 0 Å². The summed E-state index contributed by atoms with van der Waals surface area (Å²) in [7, 11) is 0. The number of nitrogens with zero attached hydrogens (tertiary/aromatic N) is 3. The molecular formula is C16H32N4O. The standard InChI is InChI=1S/C16H32N4O/c17-7-3-1-4-8-18-11-13-19(14-12-18)15-16(21)20-9-5-2-6-10-20/h1-15,17H2. The second kappa shape index (κ2) is 9.38. The van der Waals surface area contributed by atoms with Gasteiger partial charge in [-0.3, -0.25) is 9.69 Å². The first-order chi connectivity index (χ1) is 10.3. The number of piperazine rings is 1. The van der Waals surface area contributed by atoms with Gasteiger partial charge in [0.25, 0.3) is 0 Å². The highest BCUT2D eigenvalue weighted by Crippen LogP contribution is 2.10. The number of amides is 1. The van der Waals surface area contributed by atoms with Crippen molar-refractivity contribution in [3.63, 3.8) is 0 Å². The van der Waals surface area contributed by atoms with E-state index in [-0.39, 0.29) is 0 Å². The van der Waals surface area contributed by atoms with Crippen LogP contribution in [0.25, 0.3) is 0 Å². The smallest absolute Gasteiger partial charge is 0.236 e. The maximum atomic E-state index is 12.3. The van der Waals surface area contributed by atoms with Gasteiger partial charge in [-0.1, -0.05) is 6.42 Å². The number of hydrogen-bond acceptors (Lipinski definition) is 4. The fourth-order valence-electron chi connectivity index (χ4n) is 3.26. The Morgan fingerprint density at radius 3 is 2.14 bits per heavy atom. The average Bonchev–Trinajstić information content (AvgIpc) is 2.54. The molecule has 122 valence electrons. The fraction of sp³-hybridized carbons (Fsp3) is 0.938. The summed E-state index contributed by atoms with van der Waals surface area (Å²) in [5, 5.41) is 0. The van der Waals surface area contributed by atoms with E-state index in [0.717, 1.165) is 52.2 Å². The zero-order valence-electron chi connectivity index (χ0n) is 13.4. The summed E-state index contributed by atoms with van der Waals surface area (Å²) in [6.07, 6.45) is 7.29. The second-order valence-electron chi connectivity index (χ2n) is 6.41. The minimum Gasteiger partial charge on any atom is -0.342 e. The van der Waals surface area contributed by atoms with Crippen molar-refractivity contribution < 1.29 is 4.79 Å². The molecule has 2 saturated heterocycles. The van der Waals surface area contributed by atoms with E-state index in [9.17, 15) is 4.79 Å². The highest BCUT2D eigenvalue weighted by molar-refractivity contribution is 5.78. The van der Waals surface area contributed by atoms with Gasteiger partial charge in [-0.15, -0.1) is 0 Å². The maximum absolute atomic E-state index is 12.3. The summed E-state index contributed by atoms with van der Waals surface area (Å²) in [4.78, 5) is 19.2. The van der Waals surface area contributed by atoms with Crippen molar-refractivity contribution in [3.8, 4) is 0 Å². The fourth-order valence-corrected chi connectivity index (χ4v) is 3.26. The number of hydrogen-bond donors (Lipinski definition) is 1. The predicted molar refractivity (Wildman–Crippen MR) is 86.2 cm³/mol. The molecular weight excluding hydrogens is 264 g/mol. The Balaban J connectivity index is 1.59. The first-order valence-electron chi connectivity index (χ1n) is 8.72. The van der Waals surface area contributed by atoms with E-state index in [1.807, 2.05) is 0 Å². The lowest BCUT2D eigenvalue weighted by atomic mass is 10.1. The SMILES string of the molecule is NCCCCCN1CCN(CC(=O)N2CCCCC2)CC1. The number of carbonyl (C=O) groups is 1. The molecule has 2 N–H and O–H groups in total. The van der Waals surface area contributed by atoms with Gasteiger partial charge in [-0.05, 0) is 45.2 Å². The highest BCUT2D eigenvalue weighted by atomic mass is 16.2. The second-order valence-corrected chi connectivity index (χ2v) is 6.41. The van der Waals surface area contributed by atoms with Crippen LogP contribution in [-0.4, -0.2) is 79.5 Å². The Bertz CT molecular complexity index is 297. The molecule has 0 aromatic carbocycles. The van der Waals surface area contributed by atoms with Crippen LogP contribution in [0.15, 0.2) is 0 Å². The quantitative estimate of drug-likeness (QED) is 0.704. The lowest BCUT2D eigenvalue weighted by molar-refractivity contribution is -0.133. The van der Waals surface area contributed by atoms with Gasteiger partial charge < -0.3 is 15.5 Å². The molecule has 0 aliphatic carbocycles. The number of rotatable bonds is 7. The van der Waals surface area contributed by atoms with Gasteiger partial charge >= 0.3 is 0 Å². The van der Waals surface area contributed by atoms with Crippen molar-refractivity contribution in [1.29, 1.82) is 0 Å². The van der Waals surface area contributed by atoms with E-state index in [1.165, 1.54) is 38.6 Å². The van der Waals surface area contributed by atoms with Gasteiger partial charge in [0, 0.05) is 39.3 Å². The predicted octanol–water partition coefficient (Wildman–Crippen LogP) is 0.746. The molecule has 0 unspecified atom stereocenters. The zero-order chi connectivity index (χ0) is 14.9. The van der Waals surface area contributed by atoms with E-state index in [0.29, 0.717) is 12.5 Å². The Morgan fingerprint density at radius 1 is 0.810 bits per heavy atom. The largest absolute Gasteiger partial charge is 0.342 e. The van der Waals surface area contributed by atoms with Crippen LogP contribution >= 0.6 is 0 Å². The monoisotopic (exact) mass is 296 g/mol.